The first-order chi connectivity index (χ1) is 20.5. The van der Waals surface area contributed by atoms with Gasteiger partial charge >= 0.3 is 0 Å². The minimum atomic E-state index is -0.796. The Balaban J connectivity index is 1.32. The Morgan fingerprint density at radius 1 is 0.643 bits per heavy atom. The van der Waals surface area contributed by atoms with Crippen LogP contribution in [0.4, 0.5) is 13.2 Å². The van der Waals surface area contributed by atoms with Crippen LogP contribution in [0.15, 0.2) is 54.6 Å². The van der Waals surface area contributed by atoms with E-state index in [2.05, 4.69) is 13.8 Å². The second kappa shape index (κ2) is 16.9. The Bertz CT molecular complexity index is 1230. The molecule has 1 nitrogen and oxygen atoms in total. The van der Waals surface area contributed by atoms with Gasteiger partial charge in [0.05, 0.1) is 12.7 Å². The lowest BCUT2D eigenvalue weighted by molar-refractivity contribution is -0.0215. The molecule has 1 aliphatic heterocycles. The van der Waals surface area contributed by atoms with Crippen LogP contribution in [0, 0.1) is 23.4 Å². The molecule has 2 atom stereocenters. The largest absolute Gasteiger partial charge is 0.373 e. The lowest BCUT2D eigenvalue weighted by atomic mass is 9.90. The number of benzene rings is 3. The summed E-state index contributed by atoms with van der Waals surface area (Å²) in [5.74, 6) is -1.21. The standard InChI is InChI=1S/C38H49F3O/c1-3-5-7-8-9-10-11-13-15-31-21-23-33(38(41)37(31)40)30-19-17-29(18-20-30)32-22-24-34(35(39)26-32)36-25-16-28(27-42-36)14-12-6-4-2/h17-24,26,28,36H,3-16,25,27H2,1-2H3. The third-order valence-corrected chi connectivity index (χ3v) is 8.92. The van der Waals surface area contributed by atoms with Crippen LogP contribution in [0.2, 0.25) is 0 Å². The molecule has 1 saturated heterocycles. The van der Waals surface area contributed by atoms with Crippen LogP contribution < -0.4 is 0 Å². The topological polar surface area (TPSA) is 9.23 Å². The Morgan fingerprint density at radius 2 is 1.29 bits per heavy atom. The summed E-state index contributed by atoms with van der Waals surface area (Å²) in [5, 5.41) is 0. The van der Waals surface area contributed by atoms with Crippen molar-refractivity contribution in [1.82, 2.24) is 0 Å². The molecule has 4 rings (SSSR count). The van der Waals surface area contributed by atoms with Crippen LogP contribution in [0.25, 0.3) is 22.3 Å². The van der Waals surface area contributed by atoms with Gasteiger partial charge in [-0.1, -0.05) is 127 Å². The number of hydrogen-bond donors (Lipinski definition) is 0. The average Bonchev–Trinajstić information content (AvgIpc) is 3.01. The van der Waals surface area contributed by atoms with E-state index in [4.69, 9.17) is 4.74 Å². The molecule has 42 heavy (non-hydrogen) atoms. The number of unbranched alkanes of at least 4 members (excludes halogenated alkanes) is 9. The van der Waals surface area contributed by atoms with Crippen LogP contribution in [0.5, 0.6) is 0 Å². The van der Waals surface area contributed by atoms with Crippen molar-refractivity contribution in [1.29, 1.82) is 0 Å². The number of rotatable bonds is 16. The van der Waals surface area contributed by atoms with Crippen LogP contribution in [-0.4, -0.2) is 6.61 Å². The lowest BCUT2D eigenvalue weighted by Crippen LogP contribution is -2.21. The van der Waals surface area contributed by atoms with Gasteiger partial charge < -0.3 is 4.74 Å². The van der Waals surface area contributed by atoms with Gasteiger partial charge in [-0.25, -0.2) is 13.2 Å². The van der Waals surface area contributed by atoms with E-state index in [1.807, 2.05) is 24.3 Å². The van der Waals surface area contributed by atoms with Gasteiger partial charge in [-0.2, -0.15) is 0 Å². The zero-order valence-electron chi connectivity index (χ0n) is 25.7. The quantitative estimate of drug-likeness (QED) is 0.154. The average molecular weight is 579 g/mol. The summed E-state index contributed by atoms with van der Waals surface area (Å²) in [7, 11) is 0. The smallest absolute Gasteiger partial charge is 0.166 e. The van der Waals surface area contributed by atoms with E-state index in [0.717, 1.165) is 43.2 Å². The molecular formula is C38H49F3O. The summed E-state index contributed by atoms with van der Waals surface area (Å²) >= 11 is 0. The van der Waals surface area contributed by atoms with Gasteiger partial charge in [-0.05, 0) is 66.3 Å². The molecule has 1 fully saturated rings. The predicted octanol–water partition coefficient (Wildman–Crippen LogP) is 12.2. The lowest BCUT2D eigenvalue weighted by Gasteiger charge is -2.29. The maximum absolute atomic E-state index is 15.2. The van der Waals surface area contributed by atoms with Crippen molar-refractivity contribution in [3.8, 4) is 22.3 Å². The van der Waals surface area contributed by atoms with Gasteiger partial charge in [-0.15, -0.1) is 0 Å². The summed E-state index contributed by atoms with van der Waals surface area (Å²) in [4.78, 5) is 0. The highest BCUT2D eigenvalue weighted by Gasteiger charge is 2.25. The summed E-state index contributed by atoms with van der Waals surface area (Å²) < 4.78 is 51.2. The third-order valence-electron chi connectivity index (χ3n) is 8.92. The summed E-state index contributed by atoms with van der Waals surface area (Å²) in [6.07, 6.45) is 16.6. The summed E-state index contributed by atoms with van der Waals surface area (Å²) in [6, 6.07) is 16.0. The van der Waals surface area contributed by atoms with E-state index in [0.29, 0.717) is 35.6 Å². The first-order valence-corrected chi connectivity index (χ1v) is 16.5. The fourth-order valence-electron chi connectivity index (χ4n) is 6.23. The number of ether oxygens (including phenoxy) is 1. The molecule has 3 aromatic rings. The van der Waals surface area contributed by atoms with E-state index in [-0.39, 0.29) is 17.5 Å². The third kappa shape index (κ3) is 8.96. The van der Waals surface area contributed by atoms with Gasteiger partial charge in [0.15, 0.2) is 11.6 Å². The fourth-order valence-corrected chi connectivity index (χ4v) is 6.23. The Labute approximate surface area is 251 Å². The molecule has 0 saturated carbocycles. The summed E-state index contributed by atoms with van der Waals surface area (Å²) in [6.45, 7) is 5.13. The second-order valence-corrected chi connectivity index (χ2v) is 12.2. The SMILES string of the molecule is CCCCCCCCCCc1ccc(-c2ccc(-c3ccc(C4CCC(CCCCC)CO4)c(F)c3)cc2)c(F)c1F. The van der Waals surface area contributed by atoms with Gasteiger partial charge in [0.2, 0.25) is 0 Å². The molecule has 228 valence electrons. The fraction of sp³-hybridized carbons (Fsp3) is 0.526. The van der Waals surface area contributed by atoms with Gasteiger partial charge in [-0.3, -0.25) is 0 Å². The van der Waals surface area contributed by atoms with Crippen molar-refractivity contribution in [2.75, 3.05) is 6.61 Å². The molecule has 1 heterocycles. The van der Waals surface area contributed by atoms with Crippen LogP contribution in [0.1, 0.15) is 121 Å². The number of hydrogen-bond acceptors (Lipinski definition) is 1. The molecule has 0 radical (unpaired) electrons. The molecule has 3 aromatic carbocycles. The van der Waals surface area contributed by atoms with Crippen molar-refractivity contribution < 1.29 is 17.9 Å². The first-order valence-electron chi connectivity index (χ1n) is 16.5. The molecule has 0 amide bonds. The Hall–Kier alpha value is -2.59. The van der Waals surface area contributed by atoms with Crippen molar-refractivity contribution >= 4 is 0 Å². The molecule has 0 aliphatic carbocycles. The maximum Gasteiger partial charge on any atom is 0.166 e. The summed E-state index contributed by atoms with van der Waals surface area (Å²) in [5.41, 5.74) is 3.51. The van der Waals surface area contributed by atoms with Crippen molar-refractivity contribution in [2.45, 2.75) is 116 Å². The highest BCUT2D eigenvalue weighted by molar-refractivity contribution is 5.71. The Kier molecular flexibility index (Phi) is 13.0. The number of aryl methyl sites for hydroxylation is 1. The zero-order valence-corrected chi connectivity index (χ0v) is 25.7. The molecule has 1 aliphatic rings. The van der Waals surface area contributed by atoms with E-state index in [9.17, 15) is 4.39 Å². The molecule has 0 bridgehead atoms. The monoisotopic (exact) mass is 578 g/mol. The Morgan fingerprint density at radius 3 is 1.95 bits per heavy atom. The van der Waals surface area contributed by atoms with E-state index in [1.165, 1.54) is 57.8 Å². The molecule has 0 aromatic heterocycles. The van der Waals surface area contributed by atoms with Crippen LogP contribution in [0.3, 0.4) is 0 Å². The van der Waals surface area contributed by atoms with Gasteiger partial charge in [0.25, 0.3) is 0 Å². The highest BCUT2D eigenvalue weighted by Crippen LogP contribution is 2.36. The molecule has 0 N–H and O–H groups in total. The molecule has 2 unspecified atom stereocenters. The first kappa shape index (κ1) is 32.3. The number of halogens is 3. The van der Waals surface area contributed by atoms with Crippen LogP contribution >= 0.6 is 0 Å². The van der Waals surface area contributed by atoms with Crippen molar-refractivity contribution in [3.63, 3.8) is 0 Å². The highest BCUT2D eigenvalue weighted by atomic mass is 19.2. The normalized spacial score (nSPS) is 17.1. The van der Waals surface area contributed by atoms with Crippen LogP contribution in [-0.2, 0) is 11.2 Å². The molecular weight excluding hydrogens is 529 g/mol. The second-order valence-electron chi connectivity index (χ2n) is 12.2. The minimum Gasteiger partial charge on any atom is -0.373 e. The predicted molar refractivity (Wildman–Crippen MR) is 169 cm³/mol. The van der Waals surface area contributed by atoms with E-state index >= 15 is 8.78 Å². The van der Waals surface area contributed by atoms with E-state index in [1.54, 1.807) is 30.3 Å². The van der Waals surface area contributed by atoms with Crippen molar-refractivity contribution in [3.05, 3.63) is 83.2 Å². The van der Waals surface area contributed by atoms with E-state index < -0.39 is 11.6 Å². The van der Waals surface area contributed by atoms with Gasteiger partial charge in [0.1, 0.15) is 5.82 Å². The minimum absolute atomic E-state index is 0.194. The molecule has 0 spiro atoms. The zero-order chi connectivity index (χ0) is 29.7. The van der Waals surface area contributed by atoms with Gasteiger partial charge in [0, 0.05) is 11.1 Å². The molecule has 4 heteroatoms. The maximum atomic E-state index is 15.2. The van der Waals surface area contributed by atoms with Crippen molar-refractivity contribution in [2.24, 2.45) is 5.92 Å².